The number of nitriles is 1. The van der Waals surface area contributed by atoms with Crippen molar-refractivity contribution in [1.82, 2.24) is 4.90 Å². The van der Waals surface area contributed by atoms with Gasteiger partial charge in [-0.15, -0.1) is 6.58 Å². The summed E-state index contributed by atoms with van der Waals surface area (Å²) >= 11 is 0. The topological polar surface area (TPSA) is 64.3 Å². The third kappa shape index (κ3) is 3.72. The molecule has 0 bridgehead atoms. The van der Waals surface area contributed by atoms with Crippen molar-refractivity contribution in [2.24, 2.45) is 0 Å². The van der Waals surface area contributed by atoms with Crippen LogP contribution in [0.15, 0.2) is 12.7 Å². The van der Waals surface area contributed by atoms with Gasteiger partial charge in [0.25, 0.3) is 0 Å². The van der Waals surface area contributed by atoms with Gasteiger partial charge < -0.3 is 10.0 Å². The Labute approximate surface area is 78.1 Å². The molecule has 0 aromatic carbocycles. The second-order valence-corrected chi connectivity index (χ2v) is 2.78. The van der Waals surface area contributed by atoms with Gasteiger partial charge in [-0.2, -0.15) is 0 Å². The summed E-state index contributed by atoms with van der Waals surface area (Å²) in [6, 6.07) is 0. The fourth-order valence-corrected chi connectivity index (χ4v) is 1.21. The number of piperidine rings is 1. The average molecular weight is 182 g/mol. The van der Waals surface area contributed by atoms with E-state index in [1.807, 2.05) is 0 Å². The summed E-state index contributed by atoms with van der Waals surface area (Å²) < 4.78 is 0. The molecule has 13 heavy (non-hydrogen) atoms. The molecule has 72 valence electrons. The van der Waals surface area contributed by atoms with Gasteiger partial charge in [-0.25, -0.2) is 5.26 Å². The molecule has 0 aliphatic carbocycles. The highest BCUT2D eigenvalue weighted by Crippen LogP contribution is 2.10. The van der Waals surface area contributed by atoms with E-state index >= 15 is 0 Å². The molecule has 1 atom stereocenters. The number of aliphatic hydroxyl groups is 1. The van der Waals surface area contributed by atoms with Crippen molar-refractivity contribution < 1.29 is 9.90 Å². The van der Waals surface area contributed by atoms with Crippen LogP contribution in [0.5, 0.6) is 0 Å². The largest absolute Gasteiger partial charge is 0.393 e. The van der Waals surface area contributed by atoms with Gasteiger partial charge in [0.2, 0.25) is 5.91 Å². The number of carbonyl (C=O) groups excluding carboxylic acids is 1. The van der Waals surface area contributed by atoms with E-state index in [1.54, 1.807) is 11.0 Å². The minimum absolute atomic E-state index is 0.0312. The summed E-state index contributed by atoms with van der Waals surface area (Å²) in [5, 5.41) is 15.6. The van der Waals surface area contributed by atoms with Gasteiger partial charge in [0.05, 0.1) is 12.5 Å². The van der Waals surface area contributed by atoms with Crippen LogP contribution in [-0.4, -0.2) is 35.1 Å². The highest BCUT2D eigenvalue weighted by Gasteiger charge is 2.22. The van der Waals surface area contributed by atoms with Crippen molar-refractivity contribution in [3.8, 4) is 6.57 Å². The number of hydrogen-bond acceptors (Lipinski definition) is 3. The molecule has 1 fully saturated rings. The van der Waals surface area contributed by atoms with Crippen LogP contribution in [-0.2, 0) is 4.79 Å². The lowest BCUT2D eigenvalue weighted by molar-refractivity contribution is -0.136. The highest BCUT2D eigenvalue weighted by molar-refractivity contribution is 5.77. The van der Waals surface area contributed by atoms with Gasteiger partial charge in [0.15, 0.2) is 0 Å². The summed E-state index contributed by atoms with van der Waals surface area (Å²) in [5.74, 6) is 0.0312. The Morgan fingerprint density at radius 3 is 2.85 bits per heavy atom. The van der Waals surface area contributed by atoms with Crippen LogP contribution in [0.3, 0.4) is 0 Å². The zero-order valence-corrected chi connectivity index (χ0v) is 7.52. The molecule has 4 nitrogen and oxygen atoms in total. The van der Waals surface area contributed by atoms with E-state index in [9.17, 15) is 4.79 Å². The van der Waals surface area contributed by atoms with Crippen LogP contribution < -0.4 is 0 Å². The Morgan fingerprint density at radius 2 is 2.38 bits per heavy atom. The zero-order valence-electron chi connectivity index (χ0n) is 7.52. The average Bonchev–Trinajstić information content (AvgIpc) is 2.14. The molecule has 1 aliphatic rings. The van der Waals surface area contributed by atoms with Crippen LogP contribution in [0.1, 0.15) is 12.8 Å². The van der Waals surface area contributed by atoms with E-state index in [-0.39, 0.29) is 12.3 Å². The van der Waals surface area contributed by atoms with Gasteiger partial charge in [-0.3, -0.25) is 4.79 Å². The Morgan fingerprint density at radius 1 is 1.77 bits per heavy atom. The van der Waals surface area contributed by atoms with Crippen molar-refractivity contribution in [1.29, 1.82) is 5.26 Å². The maximum atomic E-state index is 11.1. The molecule has 4 heteroatoms. The van der Waals surface area contributed by atoms with Crippen molar-refractivity contribution in [3.05, 3.63) is 12.7 Å². The molecule has 0 aromatic heterocycles. The molecule has 1 N–H and O–H groups in total. The summed E-state index contributed by atoms with van der Waals surface area (Å²) in [4.78, 5) is 12.8. The second-order valence-electron chi connectivity index (χ2n) is 2.78. The quantitative estimate of drug-likeness (QED) is 0.624. The summed E-state index contributed by atoms with van der Waals surface area (Å²) in [6.45, 7) is 8.31. The Bertz CT molecular complexity index is 201. The standard InChI is InChI=1S/C8H13NO2.CHN/c1-2-4-9-5-3-7(10)6-8(9)11;1-2/h2,7,10H,1,3-6H2;1H. The van der Waals surface area contributed by atoms with Crippen LogP contribution in [0.2, 0.25) is 0 Å². The second kappa shape index (κ2) is 6.21. The van der Waals surface area contributed by atoms with Crippen LogP contribution in [0.4, 0.5) is 0 Å². The maximum Gasteiger partial charge on any atom is 0.225 e. The molecule has 1 saturated heterocycles. The Balaban J connectivity index is 0.000000671. The van der Waals surface area contributed by atoms with E-state index in [2.05, 4.69) is 13.2 Å². The fraction of sp³-hybridized carbons (Fsp3) is 0.556. The lowest BCUT2D eigenvalue weighted by Crippen LogP contribution is -2.40. The molecule has 0 aromatic rings. The van der Waals surface area contributed by atoms with Crippen LogP contribution in [0, 0.1) is 11.8 Å². The van der Waals surface area contributed by atoms with E-state index in [0.29, 0.717) is 19.5 Å². The number of nitrogens with zero attached hydrogens (tertiary/aromatic N) is 2. The van der Waals surface area contributed by atoms with Gasteiger partial charge in [-0.05, 0) is 6.42 Å². The molecule has 1 heterocycles. The monoisotopic (exact) mass is 182 g/mol. The first kappa shape index (κ1) is 11.7. The number of hydrogen-bond donors (Lipinski definition) is 1. The number of rotatable bonds is 2. The van der Waals surface area contributed by atoms with Gasteiger partial charge >= 0.3 is 0 Å². The van der Waals surface area contributed by atoms with Crippen LogP contribution >= 0.6 is 0 Å². The predicted octanol–water partition coefficient (Wildman–Crippen LogP) is 0.295. The molecule has 1 rings (SSSR count). The Hall–Kier alpha value is -1.34. The SMILES string of the molecule is C#N.C=CCN1CCC(O)CC1=O. The van der Waals surface area contributed by atoms with Crippen molar-refractivity contribution in [2.75, 3.05) is 13.1 Å². The van der Waals surface area contributed by atoms with Gasteiger partial charge in [-0.1, -0.05) is 6.08 Å². The lowest BCUT2D eigenvalue weighted by Gasteiger charge is -2.28. The Kier molecular flexibility index (Phi) is 5.57. The van der Waals surface area contributed by atoms with Crippen molar-refractivity contribution >= 4 is 5.91 Å². The summed E-state index contributed by atoms with van der Waals surface area (Å²) in [7, 11) is 0. The smallest absolute Gasteiger partial charge is 0.225 e. The van der Waals surface area contributed by atoms with E-state index in [1.165, 1.54) is 0 Å². The molecule has 1 unspecified atom stereocenters. The van der Waals surface area contributed by atoms with E-state index in [4.69, 9.17) is 10.4 Å². The van der Waals surface area contributed by atoms with Crippen molar-refractivity contribution in [2.45, 2.75) is 18.9 Å². The molecule has 1 amide bonds. The minimum Gasteiger partial charge on any atom is -0.393 e. The highest BCUT2D eigenvalue weighted by atomic mass is 16.3. The van der Waals surface area contributed by atoms with Gasteiger partial charge in [0, 0.05) is 19.7 Å². The minimum atomic E-state index is -0.427. The first-order valence-corrected chi connectivity index (χ1v) is 4.06. The summed E-state index contributed by atoms with van der Waals surface area (Å²) in [6.07, 6.45) is 2.24. The maximum absolute atomic E-state index is 11.1. The van der Waals surface area contributed by atoms with Gasteiger partial charge in [0.1, 0.15) is 0 Å². The molecular formula is C9H14N2O2. The number of carbonyl (C=O) groups is 1. The predicted molar refractivity (Wildman–Crippen MR) is 48.7 cm³/mol. The lowest BCUT2D eigenvalue weighted by atomic mass is 10.1. The molecule has 0 radical (unpaired) electrons. The molecular weight excluding hydrogens is 168 g/mol. The first-order valence-electron chi connectivity index (χ1n) is 4.06. The number of likely N-dealkylation sites (tertiary alicyclic amines) is 1. The third-order valence-corrected chi connectivity index (χ3v) is 1.84. The van der Waals surface area contributed by atoms with Crippen LogP contribution in [0.25, 0.3) is 0 Å². The molecule has 1 aliphatic heterocycles. The number of aliphatic hydroxyl groups excluding tert-OH is 1. The molecule has 0 saturated carbocycles. The van der Waals surface area contributed by atoms with Crippen molar-refractivity contribution in [3.63, 3.8) is 0 Å². The van der Waals surface area contributed by atoms with E-state index < -0.39 is 6.10 Å². The normalized spacial score (nSPS) is 21.6. The number of amides is 1. The third-order valence-electron chi connectivity index (χ3n) is 1.84. The molecule has 0 spiro atoms. The summed E-state index contributed by atoms with van der Waals surface area (Å²) in [5.41, 5.74) is 0. The first-order chi connectivity index (χ1) is 6.24. The zero-order chi connectivity index (χ0) is 10.3. The van der Waals surface area contributed by atoms with E-state index in [0.717, 1.165) is 0 Å². The fourth-order valence-electron chi connectivity index (χ4n) is 1.21.